The van der Waals surface area contributed by atoms with Gasteiger partial charge < -0.3 is 4.57 Å². The van der Waals surface area contributed by atoms with Gasteiger partial charge in [-0.15, -0.1) is 0 Å². The van der Waals surface area contributed by atoms with Gasteiger partial charge in [0.25, 0.3) is 0 Å². The van der Waals surface area contributed by atoms with Gasteiger partial charge in [-0.2, -0.15) is 0 Å². The minimum Gasteiger partial charge on any atom is -0.309 e. The van der Waals surface area contributed by atoms with Crippen LogP contribution in [0.15, 0.2) is 163 Å². The molecule has 1 atom stereocenters. The van der Waals surface area contributed by atoms with Crippen LogP contribution < -0.4 is 10.6 Å². The lowest BCUT2D eigenvalue weighted by Gasteiger charge is -2.23. The van der Waals surface area contributed by atoms with Crippen molar-refractivity contribution in [2.45, 2.75) is 102 Å². The van der Waals surface area contributed by atoms with E-state index in [0.717, 1.165) is 12.8 Å². The third kappa shape index (κ3) is 9.34. The van der Waals surface area contributed by atoms with Crippen LogP contribution in [0.2, 0.25) is 0 Å². The van der Waals surface area contributed by atoms with Crippen LogP contribution in [0.1, 0.15) is 106 Å². The van der Waals surface area contributed by atoms with Crippen molar-refractivity contribution in [3.05, 3.63) is 185 Å². The van der Waals surface area contributed by atoms with E-state index >= 15 is 0 Å². The molecule has 0 saturated heterocycles. The van der Waals surface area contributed by atoms with Crippen LogP contribution in [0, 0.1) is 6.92 Å². The van der Waals surface area contributed by atoms with Gasteiger partial charge in [0.05, 0.1) is 10.9 Å². The quantitative estimate of drug-likeness (QED) is 0.153. The molecule has 0 aliphatic heterocycles. The van der Waals surface area contributed by atoms with Crippen molar-refractivity contribution in [1.29, 1.82) is 0 Å². The van der Waals surface area contributed by atoms with Crippen molar-refractivity contribution in [2.75, 3.05) is 0 Å². The summed E-state index contributed by atoms with van der Waals surface area (Å²) in [7, 11) is 0. The molecule has 0 fully saturated rings. The SMILES string of the molecule is CC.CC.CC.CC1=CC=CC=CC1.C\C=C/C=c1\c(=C/C)c2cc(-c3ccc4c5ccc6ccccc6c5c5cccc(C)c5c4c3C(C)CC)ccc2n1-c1ccccc1. The van der Waals surface area contributed by atoms with E-state index in [9.17, 15) is 0 Å². The number of para-hydroxylation sites is 1. The Morgan fingerprint density at radius 1 is 0.629 bits per heavy atom. The average molecular weight is 816 g/mol. The normalized spacial score (nSPS) is 13.2. The minimum atomic E-state index is 0.379. The molecule has 7 aromatic carbocycles. The molecule has 1 unspecified atom stereocenters. The van der Waals surface area contributed by atoms with E-state index in [0.29, 0.717) is 5.92 Å². The molecule has 62 heavy (non-hydrogen) atoms. The van der Waals surface area contributed by atoms with Gasteiger partial charge >= 0.3 is 0 Å². The Balaban J connectivity index is 0.000000454. The third-order valence-corrected chi connectivity index (χ3v) is 11.6. The predicted molar refractivity (Wildman–Crippen MR) is 282 cm³/mol. The standard InChI is InChI=1S/C47H41N.C8H10.3C2H6/c1-6-9-22-42-35(8-3)41-29-33(24-28-43(41)48(42)34-18-11-10-12-19-34)37-26-27-39-38-25-23-32-17-13-14-20-36(32)46(38)40-21-15-16-31(5)45(40)47(39)44(37)30(4)7-2;1-8-6-4-2-3-5-7-8;3*1-2/h6,8-30H,7H2,1-5H3;2-6H,7H2,1H3;3*1-2H3/b9-6-,35-8-,42-22+;;;;. The number of hydrogen-bond donors (Lipinski definition) is 0. The van der Waals surface area contributed by atoms with Crippen molar-refractivity contribution in [1.82, 2.24) is 4.57 Å². The fourth-order valence-electron chi connectivity index (χ4n) is 8.77. The highest BCUT2D eigenvalue weighted by molar-refractivity contribution is 6.33. The van der Waals surface area contributed by atoms with Crippen LogP contribution in [0.4, 0.5) is 0 Å². The summed E-state index contributed by atoms with van der Waals surface area (Å²) in [6, 6.07) is 43.0. The van der Waals surface area contributed by atoms with Crippen LogP contribution in [0.3, 0.4) is 0 Å². The van der Waals surface area contributed by atoms with Gasteiger partial charge in [0, 0.05) is 16.3 Å². The molecule has 1 nitrogen and oxygen atoms in total. The van der Waals surface area contributed by atoms with Gasteiger partial charge in [-0.1, -0.05) is 201 Å². The Bertz CT molecular complexity index is 3020. The maximum atomic E-state index is 2.44. The summed E-state index contributed by atoms with van der Waals surface area (Å²) in [6.45, 7) is 25.4. The lowest BCUT2D eigenvalue weighted by Crippen LogP contribution is -2.27. The molecular formula is C61H69N. The van der Waals surface area contributed by atoms with E-state index in [1.165, 1.54) is 98.1 Å². The number of benzene rings is 7. The Morgan fingerprint density at radius 3 is 2.05 bits per heavy atom. The minimum absolute atomic E-state index is 0.379. The largest absolute Gasteiger partial charge is 0.309 e. The van der Waals surface area contributed by atoms with E-state index < -0.39 is 0 Å². The number of fused-ring (bicyclic) bond motifs is 9. The Kier molecular flexibility index (Phi) is 17.1. The van der Waals surface area contributed by atoms with E-state index in [1.807, 2.05) is 41.5 Å². The van der Waals surface area contributed by atoms with E-state index in [-0.39, 0.29) is 0 Å². The third-order valence-electron chi connectivity index (χ3n) is 11.6. The maximum Gasteiger partial charge on any atom is 0.0541 e. The molecule has 0 saturated carbocycles. The van der Waals surface area contributed by atoms with Gasteiger partial charge in [-0.25, -0.2) is 0 Å². The zero-order valence-corrected chi connectivity index (χ0v) is 39.6. The molecular weight excluding hydrogens is 747 g/mol. The highest BCUT2D eigenvalue weighted by atomic mass is 15.0. The van der Waals surface area contributed by atoms with Gasteiger partial charge in [-0.3, -0.25) is 0 Å². The summed E-state index contributed by atoms with van der Waals surface area (Å²) in [5.41, 5.74) is 9.20. The molecule has 0 spiro atoms. The summed E-state index contributed by atoms with van der Waals surface area (Å²) < 4.78 is 2.40. The maximum absolute atomic E-state index is 2.44. The van der Waals surface area contributed by atoms with Gasteiger partial charge in [0.15, 0.2) is 0 Å². The molecule has 318 valence electrons. The smallest absolute Gasteiger partial charge is 0.0541 e. The summed E-state index contributed by atoms with van der Waals surface area (Å²) in [5.74, 6) is 0.379. The molecule has 0 amide bonds. The van der Waals surface area contributed by atoms with Crippen molar-refractivity contribution in [3.63, 3.8) is 0 Å². The van der Waals surface area contributed by atoms with Crippen molar-refractivity contribution >= 4 is 66.1 Å². The molecule has 1 aliphatic rings. The fourth-order valence-corrected chi connectivity index (χ4v) is 8.77. The van der Waals surface area contributed by atoms with Crippen LogP contribution in [0.25, 0.3) is 83.0 Å². The number of nitrogens with zero attached hydrogens (tertiary/aromatic N) is 1. The first-order valence-electron chi connectivity index (χ1n) is 23.2. The monoisotopic (exact) mass is 816 g/mol. The van der Waals surface area contributed by atoms with E-state index in [2.05, 4.69) is 216 Å². The molecule has 1 aliphatic carbocycles. The lowest BCUT2D eigenvalue weighted by atomic mass is 9.81. The molecule has 0 radical (unpaired) electrons. The van der Waals surface area contributed by atoms with E-state index in [1.54, 1.807) is 0 Å². The zero-order chi connectivity index (χ0) is 44.8. The second-order valence-electron chi connectivity index (χ2n) is 15.2. The Labute approximate surface area is 372 Å². The first kappa shape index (κ1) is 46.9. The highest BCUT2D eigenvalue weighted by Gasteiger charge is 2.22. The van der Waals surface area contributed by atoms with Crippen molar-refractivity contribution in [3.8, 4) is 16.8 Å². The Hall–Kier alpha value is -6.18. The first-order valence-corrected chi connectivity index (χ1v) is 23.2. The number of allylic oxidation sites excluding steroid dienone is 8. The van der Waals surface area contributed by atoms with E-state index in [4.69, 9.17) is 0 Å². The van der Waals surface area contributed by atoms with Crippen LogP contribution in [-0.2, 0) is 0 Å². The van der Waals surface area contributed by atoms with Crippen LogP contribution >= 0.6 is 0 Å². The van der Waals surface area contributed by atoms with Gasteiger partial charge in [0.1, 0.15) is 0 Å². The average Bonchev–Trinajstić information content (AvgIpc) is 3.44. The summed E-state index contributed by atoms with van der Waals surface area (Å²) in [6.07, 6.45) is 21.4. The summed E-state index contributed by atoms with van der Waals surface area (Å²) in [4.78, 5) is 0. The molecule has 8 aromatic rings. The topological polar surface area (TPSA) is 4.93 Å². The molecule has 1 heterocycles. The summed E-state index contributed by atoms with van der Waals surface area (Å²) in [5, 5.41) is 14.5. The molecule has 0 N–H and O–H groups in total. The number of rotatable bonds is 5. The number of hydrogen-bond acceptors (Lipinski definition) is 0. The highest BCUT2D eigenvalue weighted by Crippen LogP contribution is 2.46. The van der Waals surface area contributed by atoms with Gasteiger partial charge in [0.2, 0.25) is 0 Å². The number of aromatic nitrogens is 1. The predicted octanol–water partition coefficient (Wildman–Crippen LogP) is 17.4. The van der Waals surface area contributed by atoms with Crippen molar-refractivity contribution < 1.29 is 0 Å². The van der Waals surface area contributed by atoms with Crippen LogP contribution in [0.5, 0.6) is 0 Å². The Morgan fingerprint density at radius 2 is 1.32 bits per heavy atom. The molecule has 1 aromatic heterocycles. The first-order chi connectivity index (χ1) is 30.4. The van der Waals surface area contributed by atoms with Crippen molar-refractivity contribution in [2.24, 2.45) is 0 Å². The molecule has 0 bridgehead atoms. The second-order valence-corrected chi connectivity index (χ2v) is 15.2. The molecule has 9 rings (SSSR count). The number of aryl methyl sites for hydroxylation is 1. The van der Waals surface area contributed by atoms with Gasteiger partial charge in [-0.05, 0) is 142 Å². The second kappa shape index (κ2) is 22.6. The fraction of sp³-hybridized carbons (Fsp3) is 0.246. The molecule has 1 heteroatoms. The zero-order valence-electron chi connectivity index (χ0n) is 39.6. The summed E-state index contributed by atoms with van der Waals surface area (Å²) >= 11 is 0. The lowest BCUT2D eigenvalue weighted by molar-refractivity contribution is 0.741. The van der Waals surface area contributed by atoms with Crippen LogP contribution in [-0.4, -0.2) is 4.57 Å².